The molecular formula is C5H9O2+. The summed E-state index contributed by atoms with van der Waals surface area (Å²) in [7, 11) is 0. The van der Waals surface area contributed by atoms with Crippen LogP contribution in [0.3, 0.4) is 0 Å². The van der Waals surface area contributed by atoms with Gasteiger partial charge in [0.1, 0.15) is 0 Å². The summed E-state index contributed by atoms with van der Waals surface area (Å²) in [4.78, 5) is 9.73. The average Bonchev–Trinajstić information content (AvgIpc) is 1.61. The zero-order valence-corrected chi connectivity index (χ0v) is 4.18. The molecule has 0 spiro atoms. The fourth-order valence-electron chi connectivity index (χ4n) is 0.276. The van der Waals surface area contributed by atoms with E-state index in [4.69, 9.17) is 5.11 Å². The average molecular weight is 101 g/mol. The van der Waals surface area contributed by atoms with Crippen LogP contribution < -0.4 is 0 Å². The minimum Gasteiger partial charge on any atom is -0.481 e. The maximum Gasteiger partial charge on any atom is 0.303 e. The molecule has 0 aliphatic carbocycles. The molecule has 1 N–H and O–H groups in total. The highest BCUT2D eigenvalue weighted by Gasteiger charge is 1.93. The van der Waals surface area contributed by atoms with Gasteiger partial charge in [0.25, 0.3) is 0 Å². The Bertz CT molecular complexity index is 59.1. The van der Waals surface area contributed by atoms with Crippen molar-refractivity contribution in [3.05, 3.63) is 6.92 Å². The van der Waals surface area contributed by atoms with Gasteiger partial charge in [-0.05, 0) is 6.42 Å². The molecule has 0 unspecified atom stereocenters. The van der Waals surface area contributed by atoms with Gasteiger partial charge in [0.2, 0.25) is 0 Å². The summed E-state index contributed by atoms with van der Waals surface area (Å²) in [5.41, 5.74) is 0. The molecule has 0 fully saturated rings. The third-order valence-corrected chi connectivity index (χ3v) is 0.641. The second-order valence-electron chi connectivity index (χ2n) is 1.35. The van der Waals surface area contributed by atoms with E-state index in [-0.39, 0.29) is 6.42 Å². The summed E-state index contributed by atoms with van der Waals surface area (Å²) in [6, 6.07) is 0. The van der Waals surface area contributed by atoms with Crippen LogP contribution in [0.4, 0.5) is 0 Å². The van der Waals surface area contributed by atoms with Crippen molar-refractivity contribution in [1.29, 1.82) is 0 Å². The molecule has 2 nitrogen and oxygen atoms in total. The van der Waals surface area contributed by atoms with E-state index in [1.165, 1.54) is 0 Å². The van der Waals surface area contributed by atoms with Gasteiger partial charge in [0.15, 0.2) is 0 Å². The van der Waals surface area contributed by atoms with Crippen LogP contribution in [-0.4, -0.2) is 11.1 Å². The molecule has 0 rings (SSSR count). The molecule has 0 heterocycles. The van der Waals surface area contributed by atoms with Gasteiger partial charge >= 0.3 is 5.97 Å². The summed E-state index contributed by atoms with van der Waals surface area (Å²) in [5, 5.41) is 8.02. The molecule has 0 aromatic carbocycles. The van der Waals surface area contributed by atoms with Crippen LogP contribution in [0.1, 0.15) is 19.3 Å². The summed E-state index contributed by atoms with van der Waals surface area (Å²) in [6.07, 6.45) is 1.66. The number of unbranched alkanes of at least 4 members (excludes halogenated alkanes) is 1. The van der Waals surface area contributed by atoms with E-state index < -0.39 is 5.97 Å². The molecule has 0 aliphatic heterocycles. The zero-order chi connectivity index (χ0) is 5.70. The second-order valence-corrected chi connectivity index (χ2v) is 1.35. The van der Waals surface area contributed by atoms with Crippen LogP contribution in [0.2, 0.25) is 0 Å². The van der Waals surface area contributed by atoms with Crippen LogP contribution in [0.25, 0.3) is 0 Å². The number of rotatable bonds is 3. The van der Waals surface area contributed by atoms with Gasteiger partial charge in [-0.1, -0.05) is 0 Å². The molecule has 0 saturated carbocycles. The Morgan fingerprint density at radius 1 is 1.71 bits per heavy atom. The Labute approximate surface area is 43.2 Å². The number of aliphatic carboxylic acids is 1. The van der Waals surface area contributed by atoms with Gasteiger partial charge in [-0.25, -0.2) is 0 Å². The lowest BCUT2D eigenvalue weighted by Gasteiger charge is -1.82. The van der Waals surface area contributed by atoms with Gasteiger partial charge in [0, 0.05) is 6.42 Å². The molecular weight excluding hydrogens is 92.1 g/mol. The first kappa shape index (κ1) is 6.34. The van der Waals surface area contributed by atoms with Gasteiger partial charge < -0.3 is 5.11 Å². The first-order valence-corrected chi connectivity index (χ1v) is 2.28. The van der Waals surface area contributed by atoms with E-state index in [1.807, 2.05) is 0 Å². The third-order valence-electron chi connectivity index (χ3n) is 0.641. The zero-order valence-electron chi connectivity index (χ0n) is 4.18. The Hall–Kier alpha value is -0.660. The quantitative estimate of drug-likeness (QED) is 0.540. The van der Waals surface area contributed by atoms with Gasteiger partial charge in [-0.2, -0.15) is 0 Å². The van der Waals surface area contributed by atoms with E-state index in [9.17, 15) is 4.79 Å². The first-order valence-electron chi connectivity index (χ1n) is 2.28. The molecule has 0 bridgehead atoms. The molecule has 0 atom stereocenters. The van der Waals surface area contributed by atoms with Crippen LogP contribution in [-0.2, 0) is 4.79 Å². The molecule has 0 saturated heterocycles. The standard InChI is InChI=1S/C5H8O2/c1-2-3-4-5(6)7/h1-4H2/p+1. The summed E-state index contributed by atoms with van der Waals surface area (Å²) in [5.74, 6) is -0.733. The number of hydrogen-bond acceptors (Lipinski definition) is 1. The lowest BCUT2D eigenvalue weighted by atomic mass is 10.3. The van der Waals surface area contributed by atoms with Crippen molar-refractivity contribution in [1.82, 2.24) is 0 Å². The summed E-state index contributed by atoms with van der Waals surface area (Å²) < 4.78 is 0. The first-order chi connectivity index (χ1) is 3.27. The van der Waals surface area contributed by atoms with Crippen LogP contribution in [0.5, 0.6) is 0 Å². The highest BCUT2D eigenvalue weighted by atomic mass is 16.4. The number of carboxylic acids is 1. The fourth-order valence-corrected chi connectivity index (χ4v) is 0.276. The summed E-state index contributed by atoms with van der Waals surface area (Å²) in [6.45, 7) is 3.49. The fraction of sp³-hybridized carbons (Fsp3) is 0.600. The number of hydrogen-bond donors (Lipinski definition) is 1. The van der Waals surface area contributed by atoms with Crippen LogP contribution in [0, 0.1) is 6.92 Å². The molecule has 0 aromatic rings. The van der Waals surface area contributed by atoms with Crippen molar-refractivity contribution in [2.24, 2.45) is 0 Å². The Balaban J connectivity index is 2.82. The van der Waals surface area contributed by atoms with Crippen LogP contribution in [0.15, 0.2) is 0 Å². The molecule has 0 radical (unpaired) electrons. The number of carbonyl (C=O) groups is 1. The molecule has 2 heteroatoms. The highest BCUT2D eigenvalue weighted by molar-refractivity contribution is 5.66. The van der Waals surface area contributed by atoms with E-state index in [0.717, 1.165) is 0 Å². The predicted molar refractivity (Wildman–Crippen MR) is 26.8 cm³/mol. The Morgan fingerprint density at radius 2 is 2.29 bits per heavy atom. The van der Waals surface area contributed by atoms with Gasteiger partial charge in [-0.3, -0.25) is 4.79 Å². The molecule has 0 amide bonds. The Morgan fingerprint density at radius 3 is 2.43 bits per heavy atom. The second kappa shape index (κ2) is 3.53. The lowest BCUT2D eigenvalue weighted by molar-refractivity contribution is -0.137. The van der Waals surface area contributed by atoms with Crippen molar-refractivity contribution in [2.75, 3.05) is 0 Å². The SMILES string of the molecule is [CH2+]CCCC(=O)O. The van der Waals surface area contributed by atoms with E-state index in [0.29, 0.717) is 12.8 Å². The van der Waals surface area contributed by atoms with E-state index >= 15 is 0 Å². The van der Waals surface area contributed by atoms with Crippen LogP contribution >= 0.6 is 0 Å². The summed E-state index contributed by atoms with van der Waals surface area (Å²) >= 11 is 0. The maximum atomic E-state index is 9.73. The third kappa shape index (κ3) is 5.34. The minimum absolute atomic E-state index is 0.253. The van der Waals surface area contributed by atoms with Crippen molar-refractivity contribution in [2.45, 2.75) is 19.3 Å². The topological polar surface area (TPSA) is 37.3 Å². The van der Waals surface area contributed by atoms with Gasteiger partial charge in [0.05, 0.1) is 13.3 Å². The predicted octanol–water partition coefficient (Wildman–Crippen LogP) is 1.08. The molecule has 0 aliphatic rings. The van der Waals surface area contributed by atoms with Crippen molar-refractivity contribution in [3.8, 4) is 0 Å². The van der Waals surface area contributed by atoms with E-state index in [1.54, 1.807) is 0 Å². The van der Waals surface area contributed by atoms with Crippen molar-refractivity contribution >= 4 is 5.97 Å². The van der Waals surface area contributed by atoms with Crippen molar-refractivity contribution in [3.63, 3.8) is 0 Å². The maximum absolute atomic E-state index is 9.73. The molecule has 40 valence electrons. The largest absolute Gasteiger partial charge is 0.481 e. The van der Waals surface area contributed by atoms with E-state index in [2.05, 4.69) is 6.92 Å². The van der Waals surface area contributed by atoms with Gasteiger partial charge in [-0.15, -0.1) is 0 Å². The normalized spacial score (nSPS) is 8.57. The minimum atomic E-state index is -0.733. The Kier molecular flexibility index (Phi) is 3.19. The lowest BCUT2D eigenvalue weighted by Crippen LogP contribution is -1.91. The monoisotopic (exact) mass is 101 g/mol. The molecule has 0 aromatic heterocycles. The number of carboxylic acid groups (broad SMARTS) is 1. The highest BCUT2D eigenvalue weighted by Crippen LogP contribution is 1.90. The van der Waals surface area contributed by atoms with Crippen molar-refractivity contribution < 1.29 is 9.90 Å². The molecule has 7 heavy (non-hydrogen) atoms. The smallest absolute Gasteiger partial charge is 0.303 e.